The van der Waals surface area contributed by atoms with E-state index >= 15 is 0 Å². The fraction of sp³-hybridized carbons (Fsp3) is 1.00. The molecule has 86 valence electrons. The van der Waals surface area contributed by atoms with Gasteiger partial charge in [0.2, 0.25) is 0 Å². The third-order valence-corrected chi connectivity index (χ3v) is 5.09. The quantitative estimate of drug-likeness (QED) is 0.650. The molecule has 0 aromatic rings. The van der Waals surface area contributed by atoms with Crippen molar-refractivity contribution in [3.05, 3.63) is 0 Å². The number of hydrogen-bond acceptors (Lipinski definition) is 1. The van der Waals surface area contributed by atoms with E-state index in [0.717, 1.165) is 19.4 Å². The Balaban J connectivity index is 1.90. The van der Waals surface area contributed by atoms with Gasteiger partial charge in [0.05, 0.1) is 5.41 Å². The van der Waals surface area contributed by atoms with Gasteiger partial charge in [-0.15, -0.1) is 0 Å². The molecule has 0 radical (unpaired) electrons. The summed E-state index contributed by atoms with van der Waals surface area (Å²) in [7, 11) is 0. The van der Waals surface area contributed by atoms with Crippen molar-refractivity contribution in [2.24, 2.45) is 11.3 Å². The van der Waals surface area contributed by atoms with Crippen LogP contribution in [0, 0.1) is 11.3 Å². The Hall–Kier alpha value is -0.180. The molecule has 15 heavy (non-hydrogen) atoms. The molecule has 1 unspecified atom stereocenters. The number of fused-ring (bicyclic) bond motifs is 1. The van der Waals surface area contributed by atoms with E-state index in [2.05, 4.69) is 18.7 Å². The molecule has 2 atom stereocenters. The van der Waals surface area contributed by atoms with Crippen molar-refractivity contribution in [3.63, 3.8) is 0 Å². The van der Waals surface area contributed by atoms with Crippen molar-refractivity contribution in [3.8, 4) is 0 Å². The zero-order chi connectivity index (χ0) is 10.9. The number of nitrogens with zero attached hydrogens (tertiary/aromatic N) is 1. The molecule has 0 amide bonds. The number of rotatable bonds is 1. The van der Waals surface area contributed by atoms with Gasteiger partial charge in [-0.1, -0.05) is 13.8 Å². The van der Waals surface area contributed by atoms with Gasteiger partial charge in [-0.3, -0.25) is 4.90 Å². The average Bonchev–Trinajstić information content (AvgIpc) is 2.46. The summed E-state index contributed by atoms with van der Waals surface area (Å²) >= 11 is 0. The van der Waals surface area contributed by atoms with E-state index in [4.69, 9.17) is 0 Å². The first kappa shape index (κ1) is 10.0. The Morgan fingerprint density at radius 1 is 1.20 bits per heavy atom. The minimum Gasteiger partial charge on any atom is -0.297 e. The Labute approximate surface area is 89.8 Å². The van der Waals surface area contributed by atoms with Crippen LogP contribution in [0.25, 0.3) is 0 Å². The topological polar surface area (TPSA) is 3.24 Å². The average molecular weight is 215 g/mol. The maximum absolute atomic E-state index is 13.4. The fourth-order valence-electron chi connectivity index (χ4n) is 4.00. The normalized spacial score (nSPS) is 47.8. The molecule has 0 bridgehead atoms. The van der Waals surface area contributed by atoms with E-state index in [9.17, 15) is 8.78 Å². The lowest BCUT2D eigenvalue weighted by atomic mass is 9.79. The molecule has 3 aliphatic rings. The van der Waals surface area contributed by atoms with Gasteiger partial charge in [-0.25, -0.2) is 8.78 Å². The third-order valence-electron chi connectivity index (χ3n) is 5.09. The monoisotopic (exact) mass is 215 g/mol. The van der Waals surface area contributed by atoms with Crippen LogP contribution < -0.4 is 0 Å². The lowest BCUT2D eigenvalue weighted by Gasteiger charge is -2.36. The Morgan fingerprint density at radius 2 is 1.87 bits per heavy atom. The second-order valence-corrected chi connectivity index (χ2v) is 6.12. The summed E-state index contributed by atoms with van der Waals surface area (Å²) in [4.78, 5) is 2.36. The molecule has 1 nitrogen and oxygen atoms in total. The van der Waals surface area contributed by atoms with Crippen molar-refractivity contribution < 1.29 is 8.78 Å². The highest BCUT2D eigenvalue weighted by Gasteiger charge is 2.77. The van der Waals surface area contributed by atoms with E-state index in [-0.39, 0.29) is 12.0 Å². The molecule has 3 rings (SSSR count). The molecule has 2 aliphatic heterocycles. The van der Waals surface area contributed by atoms with Crippen LogP contribution in [0.1, 0.15) is 39.5 Å². The highest BCUT2D eigenvalue weighted by molar-refractivity contribution is 5.22. The van der Waals surface area contributed by atoms with E-state index in [0.29, 0.717) is 12.5 Å². The molecule has 2 heterocycles. The summed E-state index contributed by atoms with van der Waals surface area (Å²) in [5.74, 6) is -1.85. The molecule has 3 fully saturated rings. The van der Waals surface area contributed by atoms with Crippen molar-refractivity contribution in [2.75, 3.05) is 13.1 Å². The summed E-state index contributed by atoms with van der Waals surface area (Å²) in [5, 5.41) is 0. The second-order valence-electron chi connectivity index (χ2n) is 6.12. The van der Waals surface area contributed by atoms with Crippen molar-refractivity contribution in [1.82, 2.24) is 4.90 Å². The summed E-state index contributed by atoms with van der Waals surface area (Å²) in [6, 6.07) is 0. The van der Waals surface area contributed by atoms with Gasteiger partial charge in [0.15, 0.2) is 0 Å². The lowest BCUT2D eigenvalue weighted by Crippen LogP contribution is -2.42. The first-order valence-electron chi connectivity index (χ1n) is 6.05. The van der Waals surface area contributed by atoms with Crippen molar-refractivity contribution >= 4 is 0 Å². The Bertz CT molecular complexity index is 302. The molecule has 0 aromatic heterocycles. The molecule has 0 aromatic carbocycles. The van der Waals surface area contributed by atoms with Gasteiger partial charge < -0.3 is 0 Å². The van der Waals surface area contributed by atoms with Crippen LogP contribution in [0.3, 0.4) is 0 Å². The summed E-state index contributed by atoms with van der Waals surface area (Å²) in [5.41, 5.74) is -0.516. The SMILES string of the molecule is CC(C)C12CCCN1C[C@@]1(C2)CC1(F)F. The van der Waals surface area contributed by atoms with Crippen LogP contribution in [-0.2, 0) is 0 Å². The predicted octanol–water partition coefficient (Wildman–Crippen LogP) is 2.91. The van der Waals surface area contributed by atoms with Gasteiger partial charge >= 0.3 is 0 Å². The van der Waals surface area contributed by atoms with E-state index in [1.165, 1.54) is 6.42 Å². The molecular weight excluding hydrogens is 196 g/mol. The van der Waals surface area contributed by atoms with Gasteiger partial charge in [0.25, 0.3) is 5.92 Å². The van der Waals surface area contributed by atoms with Crippen LogP contribution in [-0.4, -0.2) is 29.5 Å². The Morgan fingerprint density at radius 3 is 2.33 bits per heavy atom. The molecule has 1 spiro atoms. The van der Waals surface area contributed by atoms with E-state index in [1.54, 1.807) is 0 Å². The first-order chi connectivity index (χ1) is 6.92. The summed E-state index contributed by atoms with van der Waals surface area (Å²) < 4.78 is 26.8. The Kier molecular flexibility index (Phi) is 1.70. The smallest absolute Gasteiger partial charge is 0.255 e. The van der Waals surface area contributed by atoms with E-state index < -0.39 is 11.3 Å². The van der Waals surface area contributed by atoms with Gasteiger partial charge in [0.1, 0.15) is 0 Å². The maximum Gasteiger partial charge on any atom is 0.255 e. The largest absolute Gasteiger partial charge is 0.297 e. The standard InChI is InChI=1S/C12H19F2N/c1-9(2)11-4-3-5-15(11)8-10(6-11)7-12(10,13)14/h9H,3-8H2,1-2H3/t10-,11?/m1/s1. The minimum atomic E-state index is -2.36. The van der Waals surface area contributed by atoms with Crippen molar-refractivity contribution in [1.29, 1.82) is 0 Å². The maximum atomic E-state index is 13.4. The number of halogens is 2. The van der Waals surface area contributed by atoms with Gasteiger partial charge in [-0.05, 0) is 31.7 Å². The van der Waals surface area contributed by atoms with Crippen molar-refractivity contribution in [2.45, 2.75) is 51.0 Å². The molecule has 1 aliphatic carbocycles. The van der Waals surface area contributed by atoms with E-state index in [1.807, 2.05) is 0 Å². The zero-order valence-corrected chi connectivity index (χ0v) is 9.52. The highest BCUT2D eigenvalue weighted by atomic mass is 19.3. The first-order valence-corrected chi connectivity index (χ1v) is 6.05. The number of alkyl halides is 2. The van der Waals surface area contributed by atoms with Crippen LogP contribution in [0.5, 0.6) is 0 Å². The van der Waals surface area contributed by atoms with Crippen LogP contribution >= 0.6 is 0 Å². The lowest BCUT2D eigenvalue weighted by molar-refractivity contribution is 0.0651. The molecule has 1 saturated carbocycles. The third kappa shape index (κ3) is 1.05. The molecule has 0 N–H and O–H groups in total. The van der Waals surface area contributed by atoms with Gasteiger partial charge in [-0.2, -0.15) is 0 Å². The van der Waals surface area contributed by atoms with Crippen LogP contribution in [0.4, 0.5) is 8.78 Å². The summed E-state index contributed by atoms with van der Waals surface area (Å²) in [6.07, 6.45) is 3.21. The zero-order valence-electron chi connectivity index (χ0n) is 9.52. The van der Waals surface area contributed by atoms with Crippen LogP contribution in [0.2, 0.25) is 0 Å². The number of hydrogen-bond donors (Lipinski definition) is 0. The van der Waals surface area contributed by atoms with Crippen LogP contribution in [0.15, 0.2) is 0 Å². The summed E-state index contributed by atoms with van der Waals surface area (Å²) in [6.45, 7) is 6.07. The predicted molar refractivity (Wildman–Crippen MR) is 55.0 cm³/mol. The highest BCUT2D eigenvalue weighted by Crippen LogP contribution is 2.70. The molecular formula is C12H19F2N. The van der Waals surface area contributed by atoms with Gasteiger partial charge in [0, 0.05) is 18.5 Å². The molecule has 3 heteroatoms. The fourth-order valence-corrected chi connectivity index (χ4v) is 4.00. The molecule has 2 saturated heterocycles. The minimum absolute atomic E-state index is 0.111. The second kappa shape index (κ2) is 2.55.